The van der Waals surface area contributed by atoms with Crippen LogP contribution in [0.3, 0.4) is 0 Å². The van der Waals surface area contributed by atoms with E-state index in [0.29, 0.717) is 0 Å². The number of carbonyl (C=O) groups is 1. The third-order valence-electron chi connectivity index (χ3n) is 2.94. The van der Waals surface area contributed by atoms with Crippen LogP contribution in [0.15, 0.2) is 24.3 Å². The van der Waals surface area contributed by atoms with Crippen molar-refractivity contribution >= 4 is 5.91 Å². The average molecular weight is 248 g/mol. The summed E-state index contributed by atoms with van der Waals surface area (Å²) in [5.41, 5.74) is 1.98. The van der Waals surface area contributed by atoms with E-state index >= 15 is 0 Å². The topological polar surface area (TPSA) is 32.3 Å². The molecule has 0 spiro atoms. The lowest BCUT2D eigenvalue weighted by atomic mass is 10.1. The fraction of sp³-hybridized carbons (Fsp3) is 0.533. The summed E-state index contributed by atoms with van der Waals surface area (Å²) in [5.74, 6) is -0.000566. The number of hydrogen-bond acceptors (Lipinski definition) is 2. The molecule has 3 heteroatoms. The van der Waals surface area contributed by atoms with Gasteiger partial charge in [-0.15, -0.1) is 0 Å². The van der Waals surface area contributed by atoms with Crippen LogP contribution in [-0.4, -0.2) is 29.9 Å². The van der Waals surface area contributed by atoms with Gasteiger partial charge < -0.3 is 5.32 Å². The molecule has 0 heterocycles. The normalized spacial score (nSPS) is 11.0. The van der Waals surface area contributed by atoms with Crippen LogP contribution in [0.2, 0.25) is 0 Å². The Morgan fingerprint density at radius 3 is 2.17 bits per heavy atom. The van der Waals surface area contributed by atoms with Gasteiger partial charge in [0.2, 0.25) is 0 Å². The smallest absolute Gasteiger partial charge is 0.251 e. The van der Waals surface area contributed by atoms with E-state index < -0.39 is 0 Å². The van der Waals surface area contributed by atoms with Crippen LogP contribution in [0.4, 0.5) is 0 Å². The predicted molar refractivity (Wildman–Crippen MR) is 75.7 cm³/mol. The van der Waals surface area contributed by atoms with Crippen molar-refractivity contribution in [2.75, 3.05) is 13.1 Å². The number of carbonyl (C=O) groups excluding carboxylic acids is 1. The molecule has 0 aromatic heterocycles. The van der Waals surface area contributed by atoms with Crippen molar-refractivity contribution in [3.63, 3.8) is 0 Å². The molecule has 0 unspecified atom stereocenters. The van der Waals surface area contributed by atoms with E-state index in [9.17, 15) is 4.79 Å². The second kappa shape index (κ2) is 7.17. The fourth-order valence-corrected chi connectivity index (χ4v) is 1.81. The van der Waals surface area contributed by atoms with Gasteiger partial charge in [0.05, 0.1) is 0 Å². The van der Waals surface area contributed by atoms with Gasteiger partial charge >= 0.3 is 0 Å². The largest absolute Gasteiger partial charge is 0.350 e. The molecule has 0 saturated heterocycles. The Bertz CT molecular complexity index is 367. The molecule has 0 aliphatic heterocycles. The highest BCUT2D eigenvalue weighted by molar-refractivity contribution is 5.94. The number of rotatable bonds is 6. The number of benzene rings is 1. The number of hydrogen-bond donors (Lipinski definition) is 1. The molecule has 1 N–H and O–H groups in total. The Morgan fingerprint density at radius 2 is 1.72 bits per heavy atom. The second-order valence-corrected chi connectivity index (χ2v) is 4.79. The van der Waals surface area contributed by atoms with Crippen LogP contribution in [0.25, 0.3) is 0 Å². The first kappa shape index (κ1) is 14.7. The molecule has 1 rings (SSSR count). The summed E-state index contributed by atoms with van der Waals surface area (Å²) in [6, 6.07) is 8.04. The SMILES string of the molecule is CCN(CC)Cc1ccc(C(=O)NC(C)C)cc1. The summed E-state index contributed by atoms with van der Waals surface area (Å²) < 4.78 is 0. The molecule has 18 heavy (non-hydrogen) atoms. The third kappa shape index (κ3) is 4.49. The van der Waals surface area contributed by atoms with Crippen LogP contribution in [0.5, 0.6) is 0 Å². The first-order valence-electron chi connectivity index (χ1n) is 6.69. The van der Waals surface area contributed by atoms with Gasteiger partial charge in [-0.3, -0.25) is 9.69 Å². The first-order valence-corrected chi connectivity index (χ1v) is 6.69. The van der Waals surface area contributed by atoms with Gasteiger partial charge in [0.1, 0.15) is 0 Å². The van der Waals surface area contributed by atoms with E-state index in [1.165, 1.54) is 5.56 Å². The van der Waals surface area contributed by atoms with Gasteiger partial charge in [0.15, 0.2) is 0 Å². The lowest BCUT2D eigenvalue weighted by molar-refractivity contribution is 0.0943. The summed E-state index contributed by atoms with van der Waals surface area (Å²) in [4.78, 5) is 14.1. The van der Waals surface area contributed by atoms with Gasteiger partial charge in [-0.1, -0.05) is 26.0 Å². The predicted octanol–water partition coefficient (Wildman–Crippen LogP) is 2.67. The summed E-state index contributed by atoms with van der Waals surface area (Å²) in [5, 5.41) is 2.89. The zero-order chi connectivity index (χ0) is 13.5. The van der Waals surface area contributed by atoms with E-state index in [0.717, 1.165) is 25.2 Å². The molecule has 1 amide bonds. The van der Waals surface area contributed by atoms with Crippen LogP contribution in [-0.2, 0) is 6.54 Å². The highest BCUT2D eigenvalue weighted by atomic mass is 16.1. The van der Waals surface area contributed by atoms with Crippen molar-refractivity contribution in [2.24, 2.45) is 0 Å². The van der Waals surface area contributed by atoms with Crippen LogP contribution in [0, 0.1) is 0 Å². The van der Waals surface area contributed by atoms with Crippen molar-refractivity contribution in [1.29, 1.82) is 0 Å². The third-order valence-corrected chi connectivity index (χ3v) is 2.94. The maximum Gasteiger partial charge on any atom is 0.251 e. The Labute approximate surface area is 110 Å². The minimum atomic E-state index is -0.000566. The molecule has 3 nitrogen and oxygen atoms in total. The van der Waals surface area contributed by atoms with Crippen LogP contribution in [0.1, 0.15) is 43.6 Å². The van der Waals surface area contributed by atoms with Gasteiger partial charge in [0, 0.05) is 18.2 Å². The van der Waals surface area contributed by atoms with Gasteiger partial charge in [-0.05, 0) is 44.6 Å². The molecule has 0 saturated carbocycles. The monoisotopic (exact) mass is 248 g/mol. The maximum atomic E-state index is 11.8. The minimum absolute atomic E-state index is 0.000566. The van der Waals surface area contributed by atoms with E-state index in [1.54, 1.807) is 0 Å². The summed E-state index contributed by atoms with van der Waals surface area (Å²) in [6.07, 6.45) is 0. The van der Waals surface area contributed by atoms with Gasteiger partial charge in [-0.2, -0.15) is 0 Å². The average Bonchev–Trinajstić information content (AvgIpc) is 2.35. The van der Waals surface area contributed by atoms with E-state index in [1.807, 2.05) is 38.1 Å². The lowest BCUT2D eigenvalue weighted by Gasteiger charge is -2.18. The lowest BCUT2D eigenvalue weighted by Crippen LogP contribution is -2.30. The Kier molecular flexibility index (Phi) is 5.86. The molecule has 0 fully saturated rings. The Balaban J connectivity index is 2.65. The van der Waals surface area contributed by atoms with Gasteiger partial charge in [-0.25, -0.2) is 0 Å². The van der Waals surface area contributed by atoms with Crippen molar-refractivity contribution in [1.82, 2.24) is 10.2 Å². The Morgan fingerprint density at radius 1 is 1.17 bits per heavy atom. The number of amides is 1. The van der Waals surface area contributed by atoms with Crippen molar-refractivity contribution in [3.8, 4) is 0 Å². The van der Waals surface area contributed by atoms with Crippen LogP contribution >= 0.6 is 0 Å². The molecule has 0 radical (unpaired) electrons. The Hall–Kier alpha value is -1.35. The molecule has 0 aliphatic rings. The molecule has 1 aromatic rings. The van der Waals surface area contributed by atoms with Crippen molar-refractivity contribution < 1.29 is 4.79 Å². The molecule has 0 bridgehead atoms. The zero-order valence-electron chi connectivity index (χ0n) is 11.9. The molecular formula is C15H24N2O. The maximum absolute atomic E-state index is 11.8. The van der Waals surface area contributed by atoms with Crippen molar-refractivity contribution in [3.05, 3.63) is 35.4 Å². The summed E-state index contributed by atoms with van der Waals surface area (Å²) in [6.45, 7) is 11.3. The summed E-state index contributed by atoms with van der Waals surface area (Å²) >= 11 is 0. The van der Waals surface area contributed by atoms with Crippen molar-refractivity contribution in [2.45, 2.75) is 40.3 Å². The molecule has 0 atom stereocenters. The molecule has 100 valence electrons. The van der Waals surface area contributed by atoms with E-state index in [2.05, 4.69) is 24.1 Å². The van der Waals surface area contributed by atoms with Crippen LogP contribution < -0.4 is 5.32 Å². The zero-order valence-corrected chi connectivity index (χ0v) is 11.9. The molecule has 0 aliphatic carbocycles. The standard InChI is InChI=1S/C15H24N2O/c1-5-17(6-2)11-13-7-9-14(10-8-13)15(18)16-12(3)4/h7-10,12H,5-6,11H2,1-4H3,(H,16,18). The fourth-order valence-electron chi connectivity index (χ4n) is 1.81. The number of nitrogens with one attached hydrogen (secondary N) is 1. The molecular weight excluding hydrogens is 224 g/mol. The highest BCUT2D eigenvalue weighted by Crippen LogP contribution is 2.07. The highest BCUT2D eigenvalue weighted by Gasteiger charge is 2.07. The number of nitrogens with zero attached hydrogens (tertiary/aromatic N) is 1. The second-order valence-electron chi connectivity index (χ2n) is 4.79. The van der Waals surface area contributed by atoms with E-state index in [4.69, 9.17) is 0 Å². The minimum Gasteiger partial charge on any atom is -0.350 e. The van der Waals surface area contributed by atoms with Gasteiger partial charge in [0.25, 0.3) is 5.91 Å². The molecule has 1 aromatic carbocycles. The van der Waals surface area contributed by atoms with E-state index in [-0.39, 0.29) is 11.9 Å². The quantitative estimate of drug-likeness (QED) is 0.839. The summed E-state index contributed by atoms with van der Waals surface area (Å²) in [7, 11) is 0. The first-order chi connectivity index (χ1) is 8.56.